The van der Waals surface area contributed by atoms with Crippen LogP contribution in [0.1, 0.15) is 22.5 Å². The number of ether oxygens (including phenoxy) is 1. The normalized spacial score (nSPS) is 13.1. The van der Waals surface area contributed by atoms with Gasteiger partial charge in [-0.25, -0.2) is 4.79 Å². The summed E-state index contributed by atoms with van der Waals surface area (Å²) in [4.78, 5) is 14.4. The standard InChI is InChI=1S/C19H19N7O2/c1-28-18-6-5-16-22-23-17(26(16)24-18)11-21-19(27)25-10-8-15-13(7-9-20)3-2-4-14(15)12-25/h2-6H,7-8,10-12H2,1H3,(H,21,27). The van der Waals surface area contributed by atoms with Gasteiger partial charge in [0.2, 0.25) is 5.88 Å². The molecule has 0 spiro atoms. The number of hydrogen-bond acceptors (Lipinski definition) is 6. The molecule has 9 nitrogen and oxygen atoms in total. The van der Waals surface area contributed by atoms with Gasteiger partial charge in [-0.3, -0.25) is 0 Å². The van der Waals surface area contributed by atoms with E-state index in [2.05, 4.69) is 26.7 Å². The molecule has 1 aliphatic heterocycles. The molecule has 0 unspecified atom stereocenters. The maximum atomic E-state index is 12.6. The molecule has 142 valence electrons. The Bertz CT molecular complexity index is 1070. The van der Waals surface area contributed by atoms with E-state index in [0.717, 1.165) is 17.5 Å². The summed E-state index contributed by atoms with van der Waals surface area (Å²) in [6.45, 7) is 1.33. The van der Waals surface area contributed by atoms with Crippen molar-refractivity contribution < 1.29 is 9.53 Å². The number of benzene rings is 1. The predicted molar refractivity (Wildman–Crippen MR) is 99.4 cm³/mol. The molecule has 0 saturated carbocycles. The molecule has 0 bridgehead atoms. The van der Waals surface area contributed by atoms with E-state index >= 15 is 0 Å². The van der Waals surface area contributed by atoms with Crippen molar-refractivity contribution in [3.8, 4) is 11.9 Å². The van der Waals surface area contributed by atoms with Crippen molar-refractivity contribution in [3.05, 3.63) is 52.8 Å². The van der Waals surface area contributed by atoms with Crippen molar-refractivity contribution in [1.82, 2.24) is 30.0 Å². The Kier molecular flexibility index (Phi) is 4.76. The Hall–Kier alpha value is -3.67. The molecule has 3 aromatic rings. The maximum Gasteiger partial charge on any atom is 0.318 e. The lowest BCUT2D eigenvalue weighted by atomic mass is 9.93. The summed E-state index contributed by atoms with van der Waals surface area (Å²) < 4.78 is 6.68. The highest BCUT2D eigenvalue weighted by atomic mass is 16.5. The van der Waals surface area contributed by atoms with E-state index in [1.54, 1.807) is 21.5 Å². The summed E-state index contributed by atoms with van der Waals surface area (Å²) in [5.74, 6) is 0.969. The number of nitrogens with zero attached hydrogens (tertiary/aromatic N) is 6. The molecule has 0 radical (unpaired) electrons. The van der Waals surface area contributed by atoms with Gasteiger partial charge in [0.25, 0.3) is 0 Å². The van der Waals surface area contributed by atoms with E-state index in [-0.39, 0.29) is 12.6 Å². The van der Waals surface area contributed by atoms with Crippen LogP contribution in [0.25, 0.3) is 5.65 Å². The van der Waals surface area contributed by atoms with Crippen LogP contribution < -0.4 is 10.1 Å². The second-order valence-electron chi connectivity index (χ2n) is 6.48. The van der Waals surface area contributed by atoms with Crippen LogP contribution in [-0.4, -0.2) is 44.4 Å². The Morgan fingerprint density at radius 1 is 1.32 bits per heavy atom. The zero-order valence-electron chi connectivity index (χ0n) is 15.4. The summed E-state index contributed by atoms with van der Waals surface area (Å²) in [5, 5.41) is 24.3. The van der Waals surface area contributed by atoms with Gasteiger partial charge >= 0.3 is 6.03 Å². The molecule has 0 aliphatic carbocycles. The average molecular weight is 377 g/mol. The Morgan fingerprint density at radius 3 is 3.04 bits per heavy atom. The molecule has 1 aromatic carbocycles. The van der Waals surface area contributed by atoms with E-state index in [1.165, 1.54) is 12.7 Å². The van der Waals surface area contributed by atoms with Gasteiger partial charge in [-0.1, -0.05) is 18.2 Å². The number of fused-ring (bicyclic) bond motifs is 2. The van der Waals surface area contributed by atoms with Crippen LogP contribution >= 0.6 is 0 Å². The smallest absolute Gasteiger partial charge is 0.318 e. The van der Waals surface area contributed by atoms with Crippen LogP contribution in [-0.2, 0) is 25.9 Å². The van der Waals surface area contributed by atoms with Gasteiger partial charge in [-0.15, -0.1) is 15.3 Å². The minimum absolute atomic E-state index is 0.170. The van der Waals surface area contributed by atoms with Gasteiger partial charge in [-0.2, -0.15) is 9.78 Å². The van der Waals surface area contributed by atoms with Gasteiger partial charge < -0.3 is 15.0 Å². The second-order valence-corrected chi connectivity index (χ2v) is 6.48. The van der Waals surface area contributed by atoms with Crippen molar-refractivity contribution in [3.63, 3.8) is 0 Å². The van der Waals surface area contributed by atoms with Crippen molar-refractivity contribution in [2.24, 2.45) is 0 Å². The first kappa shape index (κ1) is 17.7. The summed E-state index contributed by atoms with van der Waals surface area (Å²) >= 11 is 0. The third kappa shape index (κ3) is 3.32. The number of rotatable bonds is 4. The first-order valence-corrected chi connectivity index (χ1v) is 8.94. The number of nitriles is 1. The topological polar surface area (TPSA) is 108 Å². The van der Waals surface area contributed by atoms with E-state index in [4.69, 9.17) is 10.00 Å². The van der Waals surface area contributed by atoms with Crippen molar-refractivity contribution in [2.45, 2.75) is 25.9 Å². The van der Waals surface area contributed by atoms with Crippen molar-refractivity contribution in [1.29, 1.82) is 5.26 Å². The molecule has 2 aromatic heterocycles. The molecular weight excluding hydrogens is 358 g/mol. The highest BCUT2D eigenvalue weighted by Crippen LogP contribution is 2.23. The number of carbonyl (C=O) groups excluding carboxylic acids is 1. The third-order valence-corrected chi connectivity index (χ3v) is 4.83. The fourth-order valence-corrected chi connectivity index (χ4v) is 3.41. The fraction of sp³-hybridized carbons (Fsp3) is 0.316. The van der Waals surface area contributed by atoms with Gasteiger partial charge in [0.05, 0.1) is 26.1 Å². The highest BCUT2D eigenvalue weighted by molar-refractivity contribution is 5.74. The minimum Gasteiger partial charge on any atom is -0.480 e. The summed E-state index contributed by atoms with van der Waals surface area (Å²) in [6.07, 6.45) is 1.14. The number of urea groups is 1. The lowest BCUT2D eigenvalue weighted by Crippen LogP contribution is -2.42. The molecule has 1 N–H and O–H groups in total. The Morgan fingerprint density at radius 2 is 2.21 bits per heavy atom. The lowest BCUT2D eigenvalue weighted by Gasteiger charge is -2.30. The van der Waals surface area contributed by atoms with E-state index in [0.29, 0.717) is 36.9 Å². The minimum atomic E-state index is -0.170. The number of amides is 2. The summed E-state index contributed by atoms with van der Waals surface area (Å²) in [6, 6.07) is 11.4. The van der Waals surface area contributed by atoms with Crippen LogP contribution in [0, 0.1) is 11.3 Å². The molecule has 0 fully saturated rings. The van der Waals surface area contributed by atoms with Crippen LogP contribution in [0.3, 0.4) is 0 Å². The van der Waals surface area contributed by atoms with E-state index in [9.17, 15) is 4.79 Å². The number of carbonyl (C=O) groups is 1. The zero-order valence-corrected chi connectivity index (χ0v) is 15.4. The summed E-state index contributed by atoms with van der Waals surface area (Å²) in [7, 11) is 1.54. The van der Waals surface area contributed by atoms with Gasteiger partial charge in [-0.05, 0) is 29.2 Å². The predicted octanol–water partition coefficient (Wildman–Crippen LogP) is 1.47. The van der Waals surface area contributed by atoms with E-state index in [1.807, 2.05) is 18.2 Å². The Balaban J connectivity index is 1.44. The van der Waals surface area contributed by atoms with Gasteiger partial charge in [0.1, 0.15) is 0 Å². The van der Waals surface area contributed by atoms with Crippen LogP contribution in [0.4, 0.5) is 4.79 Å². The molecule has 0 saturated heterocycles. The zero-order chi connectivity index (χ0) is 19.5. The molecule has 1 aliphatic rings. The lowest BCUT2D eigenvalue weighted by molar-refractivity contribution is 0.191. The molecule has 3 heterocycles. The Labute approximate surface area is 161 Å². The molecule has 28 heavy (non-hydrogen) atoms. The molecule has 2 amide bonds. The SMILES string of the molecule is COc1ccc2nnc(CNC(=O)N3CCc4c(CC#N)cccc4C3)n2n1. The maximum absolute atomic E-state index is 12.6. The largest absolute Gasteiger partial charge is 0.480 e. The number of hydrogen-bond donors (Lipinski definition) is 1. The molecule has 4 rings (SSSR count). The number of methoxy groups -OCH3 is 1. The average Bonchev–Trinajstić information content (AvgIpc) is 3.14. The molecule has 9 heteroatoms. The quantitative estimate of drug-likeness (QED) is 0.737. The van der Waals surface area contributed by atoms with Crippen LogP contribution in [0.5, 0.6) is 5.88 Å². The van der Waals surface area contributed by atoms with Crippen LogP contribution in [0.15, 0.2) is 30.3 Å². The van der Waals surface area contributed by atoms with Gasteiger partial charge in [0.15, 0.2) is 11.5 Å². The number of nitrogens with one attached hydrogen (secondary N) is 1. The first-order valence-electron chi connectivity index (χ1n) is 8.94. The molecule has 0 atom stereocenters. The van der Waals surface area contributed by atoms with E-state index < -0.39 is 0 Å². The first-order chi connectivity index (χ1) is 13.7. The fourth-order valence-electron chi connectivity index (χ4n) is 3.41. The number of aromatic nitrogens is 4. The van der Waals surface area contributed by atoms with Crippen molar-refractivity contribution >= 4 is 11.7 Å². The second kappa shape index (κ2) is 7.52. The molecular formula is C19H19N7O2. The summed E-state index contributed by atoms with van der Waals surface area (Å²) in [5.41, 5.74) is 3.92. The highest BCUT2D eigenvalue weighted by Gasteiger charge is 2.22. The third-order valence-electron chi connectivity index (χ3n) is 4.83. The van der Waals surface area contributed by atoms with Crippen molar-refractivity contribution in [2.75, 3.05) is 13.7 Å². The monoisotopic (exact) mass is 377 g/mol. The van der Waals surface area contributed by atoms with Gasteiger partial charge in [0, 0.05) is 19.2 Å². The van der Waals surface area contributed by atoms with Crippen LogP contribution in [0.2, 0.25) is 0 Å².